The zero-order valence-corrected chi connectivity index (χ0v) is 12.0. The van der Waals surface area contributed by atoms with Crippen LogP contribution in [0.2, 0.25) is 5.15 Å². The molecule has 100 valence electrons. The number of anilines is 1. The maximum atomic E-state index is 6.05. The van der Waals surface area contributed by atoms with E-state index < -0.39 is 0 Å². The van der Waals surface area contributed by atoms with E-state index in [0.29, 0.717) is 29.6 Å². The summed E-state index contributed by atoms with van der Waals surface area (Å²) in [7, 11) is 0. The second kappa shape index (κ2) is 5.41. The third-order valence-electron chi connectivity index (χ3n) is 3.16. The lowest BCUT2D eigenvalue weighted by Crippen LogP contribution is -2.24. The van der Waals surface area contributed by atoms with Gasteiger partial charge in [-0.1, -0.05) is 25.4 Å². The first kappa shape index (κ1) is 13.6. The summed E-state index contributed by atoms with van der Waals surface area (Å²) in [5, 5.41) is 0.486. The van der Waals surface area contributed by atoms with Crippen molar-refractivity contribution in [2.24, 2.45) is 5.41 Å². The summed E-state index contributed by atoms with van der Waals surface area (Å²) in [6.07, 6.45) is 1.18. The van der Waals surface area contributed by atoms with E-state index >= 15 is 0 Å². The van der Waals surface area contributed by atoms with Crippen molar-refractivity contribution in [1.82, 2.24) is 9.97 Å². The summed E-state index contributed by atoms with van der Waals surface area (Å²) in [6.45, 7) is 9.61. The molecule has 0 spiro atoms. The number of halogens is 1. The zero-order valence-electron chi connectivity index (χ0n) is 11.2. The molecule has 0 N–H and O–H groups in total. The lowest BCUT2D eigenvalue weighted by Gasteiger charge is -2.21. The summed E-state index contributed by atoms with van der Waals surface area (Å²) in [4.78, 5) is 11.0. The Morgan fingerprint density at radius 3 is 2.83 bits per heavy atom. The van der Waals surface area contributed by atoms with Crippen molar-refractivity contribution < 1.29 is 4.74 Å². The smallest absolute Gasteiger partial charge is 0.158 e. The Labute approximate surface area is 113 Å². The van der Waals surface area contributed by atoms with Gasteiger partial charge >= 0.3 is 0 Å². The van der Waals surface area contributed by atoms with Crippen molar-refractivity contribution >= 4 is 17.4 Å². The molecule has 0 amide bonds. The molecule has 4 nitrogen and oxygen atoms in total. The first-order chi connectivity index (χ1) is 8.50. The van der Waals surface area contributed by atoms with Gasteiger partial charge in [-0.25, -0.2) is 9.97 Å². The van der Waals surface area contributed by atoms with Gasteiger partial charge in [0, 0.05) is 25.8 Å². The van der Waals surface area contributed by atoms with Gasteiger partial charge in [0.2, 0.25) is 0 Å². The first-order valence-corrected chi connectivity index (χ1v) is 6.74. The molecule has 1 aromatic rings. The zero-order chi connectivity index (χ0) is 13.2. The summed E-state index contributed by atoms with van der Waals surface area (Å²) in [6, 6.07) is 1.83. The van der Waals surface area contributed by atoms with E-state index in [2.05, 4.69) is 28.7 Å². The summed E-state index contributed by atoms with van der Waals surface area (Å²) in [5.74, 6) is 1.57. The fourth-order valence-corrected chi connectivity index (χ4v) is 2.37. The molecule has 0 unspecified atom stereocenters. The largest absolute Gasteiger partial charge is 0.374 e. The van der Waals surface area contributed by atoms with Crippen LogP contribution in [0.15, 0.2) is 6.07 Å². The van der Waals surface area contributed by atoms with Crippen LogP contribution in [0.1, 0.15) is 33.0 Å². The molecule has 2 heterocycles. The lowest BCUT2D eigenvalue weighted by atomic mass is 9.93. The van der Waals surface area contributed by atoms with E-state index in [0.717, 1.165) is 18.9 Å². The molecule has 1 aromatic heterocycles. The molecule has 5 heteroatoms. The normalized spacial score (nSPS) is 18.3. The van der Waals surface area contributed by atoms with Crippen LogP contribution in [-0.2, 0) is 11.3 Å². The average molecular weight is 270 g/mol. The number of aromatic nitrogens is 2. The molecule has 1 aliphatic heterocycles. The molecule has 1 fully saturated rings. The van der Waals surface area contributed by atoms with Crippen molar-refractivity contribution in [1.29, 1.82) is 0 Å². The predicted molar refractivity (Wildman–Crippen MR) is 73.0 cm³/mol. The van der Waals surface area contributed by atoms with E-state index in [1.54, 1.807) is 0 Å². The van der Waals surface area contributed by atoms with Gasteiger partial charge < -0.3 is 9.64 Å². The van der Waals surface area contributed by atoms with E-state index in [-0.39, 0.29) is 0 Å². The van der Waals surface area contributed by atoms with Gasteiger partial charge in [-0.2, -0.15) is 0 Å². The Balaban J connectivity index is 2.15. The van der Waals surface area contributed by atoms with Gasteiger partial charge in [-0.15, -0.1) is 0 Å². The third kappa shape index (κ3) is 3.33. The predicted octanol–water partition coefficient (Wildman–Crippen LogP) is 2.90. The van der Waals surface area contributed by atoms with Crippen LogP contribution in [-0.4, -0.2) is 29.7 Å². The molecule has 1 aliphatic rings. The topological polar surface area (TPSA) is 38.2 Å². The van der Waals surface area contributed by atoms with Crippen LogP contribution in [0, 0.1) is 5.41 Å². The number of hydrogen-bond acceptors (Lipinski definition) is 4. The Hall–Kier alpha value is -0.870. The molecule has 0 atom stereocenters. The minimum atomic E-state index is 0.345. The van der Waals surface area contributed by atoms with Crippen molar-refractivity contribution in [2.75, 3.05) is 24.6 Å². The van der Waals surface area contributed by atoms with Gasteiger partial charge in [0.1, 0.15) is 17.6 Å². The highest BCUT2D eigenvalue weighted by Gasteiger charge is 2.30. The number of hydrogen-bond donors (Lipinski definition) is 0. The first-order valence-electron chi connectivity index (χ1n) is 6.36. The second-order valence-corrected chi connectivity index (χ2v) is 5.83. The van der Waals surface area contributed by atoms with Crippen LogP contribution < -0.4 is 4.90 Å². The highest BCUT2D eigenvalue weighted by atomic mass is 35.5. The summed E-state index contributed by atoms with van der Waals surface area (Å²) in [5.41, 5.74) is 0.345. The van der Waals surface area contributed by atoms with Gasteiger partial charge in [0.15, 0.2) is 5.82 Å². The number of nitrogens with zero attached hydrogens (tertiary/aromatic N) is 3. The van der Waals surface area contributed by atoms with Gasteiger partial charge in [0.25, 0.3) is 0 Å². The molecule has 1 saturated heterocycles. The Bertz CT molecular complexity index is 423. The van der Waals surface area contributed by atoms with Crippen LogP contribution >= 0.6 is 11.6 Å². The minimum absolute atomic E-state index is 0.345. The Kier molecular flexibility index (Phi) is 4.07. The van der Waals surface area contributed by atoms with E-state index in [9.17, 15) is 0 Å². The van der Waals surface area contributed by atoms with Crippen LogP contribution in [0.4, 0.5) is 5.82 Å². The van der Waals surface area contributed by atoms with Crippen molar-refractivity contribution in [2.45, 2.75) is 33.8 Å². The van der Waals surface area contributed by atoms with Gasteiger partial charge in [0.05, 0.1) is 0 Å². The van der Waals surface area contributed by atoms with Gasteiger partial charge in [-0.05, 0) is 18.8 Å². The standard InChI is InChI=1S/C13H20ClN3O/c1-4-18-8-11-15-10(14)7-12(16-11)17-6-5-13(2,3)9-17/h7H,4-6,8-9H2,1-3H3. The molecule has 0 aromatic carbocycles. The number of ether oxygens (including phenoxy) is 1. The molecule has 18 heavy (non-hydrogen) atoms. The summed E-state index contributed by atoms with van der Waals surface area (Å²) >= 11 is 6.05. The quantitative estimate of drug-likeness (QED) is 0.788. The second-order valence-electron chi connectivity index (χ2n) is 5.44. The molecule has 0 aliphatic carbocycles. The van der Waals surface area contributed by atoms with Crippen LogP contribution in [0.3, 0.4) is 0 Å². The highest BCUT2D eigenvalue weighted by molar-refractivity contribution is 6.29. The molecule has 0 saturated carbocycles. The maximum absolute atomic E-state index is 6.05. The van der Waals surface area contributed by atoms with Crippen LogP contribution in [0.5, 0.6) is 0 Å². The molecular formula is C13H20ClN3O. The lowest BCUT2D eigenvalue weighted by molar-refractivity contribution is 0.128. The monoisotopic (exact) mass is 269 g/mol. The SMILES string of the molecule is CCOCc1nc(Cl)cc(N2CCC(C)(C)C2)n1. The minimum Gasteiger partial charge on any atom is -0.374 e. The molecular weight excluding hydrogens is 250 g/mol. The average Bonchev–Trinajstić information content (AvgIpc) is 2.66. The highest BCUT2D eigenvalue weighted by Crippen LogP contribution is 2.32. The van der Waals surface area contributed by atoms with Crippen molar-refractivity contribution in [3.05, 3.63) is 17.0 Å². The molecule has 2 rings (SSSR count). The van der Waals surface area contributed by atoms with Crippen molar-refractivity contribution in [3.63, 3.8) is 0 Å². The maximum Gasteiger partial charge on any atom is 0.158 e. The van der Waals surface area contributed by atoms with Crippen LogP contribution in [0.25, 0.3) is 0 Å². The fourth-order valence-electron chi connectivity index (χ4n) is 2.18. The van der Waals surface area contributed by atoms with E-state index in [4.69, 9.17) is 16.3 Å². The van der Waals surface area contributed by atoms with E-state index in [1.807, 2.05) is 13.0 Å². The van der Waals surface area contributed by atoms with E-state index in [1.165, 1.54) is 6.42 Å². The summed E-state index contributed by atoms with van der Waals surface area (Å²) < 4.78 is 5.33. The molecule has 0 bridgehead atoms. The van der Waals surface area contributed by atoms with Crippen molar-refractivity contribution in [3.8, 4) is 0 Å². The number of rotatable bonds is 4. The Morgan fingerprint density at radius 2 is 2.22 bits per heavy atom. The fraction of sp³-hybridized carbons (Fsp3) is 0.692. The molecule has 0 radical (unpaired) electrons. The third-order valence-corrected chi connectivity index (χ3v) is 3.36. The Morgan fingerprint density at radius 1 is 1.44 bits per heavy atom. The van der Waals surface area contributed by atoms with Gasteiger partial charge in [-0.3, -0.25) is 0 Å².